The molecule has 2 heteroatoms. The second kappa shape index (κ2) is 4.11. The predicted octanol–water partition coefficient (Wildman–Crippen LogP) is 1.93. The number of methoxy groups -OCH3 is 1. The first-order chi connectivity index (χ1) is 6.86. The largest absolute Gasteiger partial charge is 0.396 e. The van der Waals surface area contributed by atoms with Crippen molar-refractivity contribution >= 4 is 0 Å². The van der Waals surface area contributed by atoms with Crippen LogP contribution in [0, 0.1) is 5.92 Å². The highest BCUT2D eigenvalue weighted by molar-refractivity contribution is 5.32. The summed E-state index contributed by atoms with van der Waals surface area (Å²) in [6.45, 7) is 0.215. The lowest BCUT2D eigenvalue weighted by atomic mass is 9.82. The lowest BCUT2D eigenvalue weighted by Crippen LogP contribution is -2.24. The zero-order valence-corrected chi connectivity index (χ0v) is 8.44. The van der Waals surface area contributed by atoms with Crippen LogP contribution in [0.3, 0.4) is 0 Å². The van der Waals surface area contributed by atoms with Crippen LogP contribution < -0.4 is 0 Å². The number of fused-ring (bicyclic) bond motifs is 1. The van der Waals surface area contributed by atoms with Crippen molar-refractivity contribution in [1.29, 1.82) is 0 Å². The van der Waals surface area contributed by atoms with E-state index in [1.54, 1.807) is 7.11 Å². The van der Waals surface area contributed by atoms with Crippen molar-refractivity contribution in [3.8, 4) is 0 Å². The molecule has 0 amide bonds. The van der Waals surface area contributed by atoms with Crippen LogP contribution in [0.4, 0.5) is 0 Å². The molecule has 0 aliphatic heterocycles. The van der Waals surface area contributed by atoms with Crippen molar-refractivity contribution in [2.45, 2.75) is 18.9 Å². The third-order valence-electron chi connectivity index (χ3n) is 3.06. The average Bonchev–Trinajstić information content (AvgIpc) is 2.27. The molecule has 14 heavy (non-hydrogen) atoms. The number of hydrogen-bond donors (Lipinski definition) is 1. The van der Waals surface area contributed by atoms with E-state index in [9.17, 15) is 5.11 Å². The second-order valence-electron chi connectivity index (χ2n) is 3.84. The average molecular weight is 192 g/mol. The molecular weight excluding hydrogens is 176 g/mol. The Kier molecular flexibility index (Phi) is 2.85. The first kappa shape index (κ1) is 9.69. The Hall–Kier alpha value is -0.860. The molecule has 1 aliphatic carbocycles. The first-order valence-electron chi connectivity index (χ1n) is 5.08. The molecule has 1 aromatic rings. The smallest absolute Gasteiger partial charge is 0.0873 e. The fraction of sp³-hybridized carbons (Fsp3) is 0.500. The van der Waals surface area contributed by atoms with Gasteiger partial charge in [-0.25, -0.2) is 0 Å². The molecule has 1 aliphatic rings. The van der Waals surface area contributed by atoms with Gasteiger partial charge in [0, 0.05) is 19.6 Å². The van der Waals surface area contributed by atoms with Gasteiger partial charge >= 0.3 is 0 Å². The second-order valence-corrected chi connectivity index (χ2v) is 3.84. The van der Waals surface area contributed by atoms with Crippen LogP contribution in [0.15, 0.2) is 24.3 Å². The summed E-state index contributed by atoms with van der Waals surface area (Å²) in [4.78, 5) is 0. The van der Waals surface area contributed by atoms with Gasteiger partial charge in [-0.2, -0.15) is 0 Å². The van der Waals surface area contributed by atoms with E-state index in [-0.39, 0.29) is 18.6 Å². The quantitative estimate of drug-likeness (QED) is 0.775. The van der Waals surface area contributed by atoms with E-state index in [4.69, 9.17) is 4.74 Å². The molecule has 1 N–H and O–H groups in total. The molecule has 2 unspecified atom stereocenters. The Morgan fingerprint density at radius 3 is 2.93 bits per heavy atom. The summed E-state index contributed by atoms with van der Waals surface area (Å²) in [5.41, 5.74) is 2.62. The van der Waals surface area contributed by atoms with E-state index < -0.39 is 0 Å². The monoisotopic (exact) mass is 192 g/mol. The first-order valence-corrected chi connectivity index (χ1v) is 5.08. The summed E-state index contributed by atoms with van der Waals surface area (Å²) < 4.78 is 5.46. The molecule has 0 radical (unpaired) electrons. The molecule has 0 aromatic heterocycles. The normalized spacial score (nSPS) is 25.9. The van der Waals surface area contributed by atoms with Crippen molar-refractivity contribution < 1.29 is 9.84 Å². The van der Waals surface area contributed by atoms with E-state index in [1.807, 2.05) is 6.07 Å². The van der Waals surface area contributed by atoms with Crippen molar-refractivity contribution in [2.75, 3.05) is 13.7 Å². The molecule has 0 heterocycles. The Labute approximate surface area is 84.5 Å². The highest BCUT2D eigenvalue weighted by Crippen LogP contribution is 2.36. The van der Waals surface area contributed by atoms with Gasteiger partial charge in [0.2, 0.25) is 0 Å². The third-order valence-corrected chi connectivity index (χ3v) is 3.06. The van der Waals surface area contributed by atoms with Gasteiger partial charge in [-0.05, 0) is 24.0 Å². The number of hydrogen-bond acceptors (Lipinski definition) is 2. The van der Waals surface area contributed by atoms with Gasteiger partial charge in [-0.15, -0.1) is 0 Å². The lowest BCUT2D eigenvalue weighted by Gasteiger charge is -2.31. The van der Waals surface area contributed by atoms with Crippen LogP contribution in [-0.4, -0.2) is 18.8 Å². The number of ether oxygens (including phenoxy) is 1. The summed E-state index contributed by atoms with van der Waals surface area (Å²) in [6, 6.07) is 8.34. The molecule has 2 rings (SSSR count). The Bertz CT molecular complexity index is 309. The fourth-order valence-electron chi connectivity index (χ4n) is 2.29. The van der Waals surface area contributed by atoms with E-state index in [0.29, 0.717) is 0 Å². The minimum Gasteiger partial charge on any atom is -0.396 e. The van der Waals surface area contributed by atoms with Crippen molar-refractivity contribution in [3.05, 3.63) is 35.4 Å². The zero-order chi connectivity index (χ0) is 9.97. The number of aliphatic hydroxyl groups excluding tert-OH is 1. The number of aliphatic hydroxyl groups is 1. The van der Waals surface area contributed by atoms with E-state index >= 15 is 0 Å². The number of rotatable bonds is 2. The Morgan fingerprint density at radius 2 is 2.21 bits per heavy atom. The number of benzene rings is 1. The molecule has 2 nitrogen and oxygen atoms in total. The van der Waals surface area contributed by atoms with Crippen LogP contribution in [-0.2, 0) is 11.2 Å². The Morgan fingerprint density at radius 1 is 1.43 bits per heavy atom. The van der Waals surface area contributed by atoms with Crippen LogP contribution >= 0.6 is 0 Å². The van der Waals surface area contributed by atoms with Gasteiger partial charge in [0.15, 0.2) is 0 Å². The molecule has 0 spiro atoms. The minimum absolute atomic E-state index is 0.0740. The highest BCUT2D eigenvalue weighted by Gasteiger charge is 2.28. The summed E-state index contributed by atoms with van der Waals surface area (Å²) in [5, 5.41) is 9.24. The van der Waals surface area contributed by atoms with Crippen LogP contribution in [0.1, 0.15) is 23.7 Å². The van der Waals surface area contributed by atoms with Gasteiger partial charge < -0.3 is 9.84 Å². The van der Waals surface area contributed by atoms with Crippen LogP contribution in [0.25, 0.3) is 0 Å². The molecule has 0 bridgehead atoms. The maximum Gasteiger partial charge on any atom is 0.0873 e. The standard InChI is InChI=1S/C12H16O2/c1-14-12-10(8-13)7-6-9-4-2-3-5-11(9)12/h2-5,10,12-13H,6-8H2,1H3. The van der Waals surface area contributed by atoms with Gasteiger partial charge in [-0.3, -0.25) is 0 Å². The van der Waals surface area contributed by atoms with E-state index in [1.165, 1.54) is 11.1 Å². The summed E-state index contributed by atoms with van der Waals surface area (Å²) in [7, 11) is 1.72. The van der Waals surface area contributed by atoms with Crippen molar-refractivity contribution in [3.63, 3.8) is 0 Å². The Balaban J connectivity index is 2.34. The number of aryl methyl sites for hydroxylation is 1. The van der Waals surface area contributed by atoms with Gasteiger partial charge in [-0.1, -0.05) is 24.3 Å². The maximum atomic E-state index is 9.24. The van der Waals surface area contributed by atoms with Crippen LogP contribution in [0.5, 0.6) is 0 Å². The predicted molar refractivity (Wildman–Crippen MR) is 55.1 cm³/mol. The zero-order valence-electron chi connectivity index (χ0n) is 8.44. The van der Waals surface area contributed by atoms with E-state index in [2.05, 4.69) is 18.2 Å². The SMILES string of the molecule is COC1c2ccccc2CCC1CO. The van der Waals surface area contributed by atoms with Crippen molar-refractivity contribution in [1.82, 2.24) is 0 Å². The van der Waals surface area contributed by atoms with Gasteiger partial charge in [0.05, 0.1) is 6.10 Å². The molecule has 76 valence electrons. The fourth-order valence-corrected chi connectivity index (χ4v) is 2.29. The minimum atomic E-state index is 0.0740. The molecule has 2 atom stereocenters. The summed E-state index contributed by atoms with van der Waals surface area (Å²) in [6.07, 6.45) is 2.15. The molecule has 0 saturated carbocycles. The molecular formula is C12H16O2. The van der Waals surface area contributed by atoms with Gasteiger partial charge in [0.1, 0.15) is 0 Å². The highest BCUT2D eigenvalue weighted by atomic mass is 16.5. The third kappa shape index (κ3) is 1.56. The molecule has 0 saturated heterocycles. The summed E-state index contributed by atoms with van der Waals surface area (Å²) >= 11 is 0. The lowest BCUT2D eigenvalue weighted by molar-refractivity contribution is 0.0148. The topological polar surface area (TPSA) is 29.5 Å². The maximum absolute atomic E-state index is 9.24. The van der Waals surface area contributed by atoms with Crippen molar-refractivity contribution in [2.24, 2.45) is 5.92 Å². The summed E-state index contributed by atoms with van der Waals surface area (Å²) in [5.74, 6) is 0.259. The molecule has 0 fully saturated rings. The molecule has 1 aromatic carbocycles. The van der Waals surface area contributed by atoms with Gasteiger partial charge in [0.25, 0.3) is 0 Å². The van der Waals surface area contributed by atoms with Crippen LogP contribution in [0.2, 0.25) is 0 Å². The van der Waals surface area contributed by atoms with E-state index in [0.717, 1.165) is 12.8 Å².